The minimum atomic E-state index is -1.28. The van der Waals surface area contributed by atoms with Gasteiger partial charge in [0, 0.05) is 26.1 Å². The van der Waals surface area contributed by atoms with E-state index < -0.39 is 114 Å². The van der Waals surface area contributed by atoms with Crippen LogP contribution < -0.4 is 43.8 Å². The number of carbonyl (C=O) groups excluding carboxylic acids is 7. The number of rotatable bonds is 24. The van der Waals surface area contributed by atoms with Crippen molar-refractivity contribution in [3.63, 3.8) is 0 Å². The Morgan fingerprint density at radius 1 is 0.705 bits per heavy atom. The highest BCUT2D eigenvalue weighted by Crippen LogP contribution is 2.21. The predicted octanol–water partition coefficient (Wildman–Crippen LogP) is -2.29. The van der Waals surface area contributed by atoms with Gasteiger partial charge in [0.1, 0.15) is 36.3 Å². The minimum absolute atomic E-state index is 0.0299. The van der Waals surface area contributed by atoms with Crippen LogP contribution in [0, 0.1) is 17.8 Å². The Labute approximate surface area is 356 Å². The molecule has 7 atom stereocenters. The summed E-state index contributed by atoms with van der Waals surface area (Å²) in [5.74, 6) is -7.92. The Hall–Kier alpha value is -5.54. The van der Waals surface area contributed by atoms with Crippen molar-refractivity contribution < 1.29 is 53.4 Å². The molecule has 0 unspecified atom stereocenters. The van der Waals surface area contributed by atoms with Crippen molar-refractivity contribution >= 4 is 59.2 Å². The van der Waals surface area contributed by atoms with Gasteiger partial charge in [0.2, 0.25) is 41.4 Å². The van der Waals surface area contributed by atoms with Crippen molar-refractivity contribution in [2.75, 3.05) is 26.2 Å². The summed E-state index contributed by atoms with van der Waals surface area (Å²) in [6.45, 7) is 10.5. The molecule has 0 aromatic heterocycles. The number of hydrogen-bond acceptors (Lipinski definition) is 11. The van der Waals surface area contributed by atoms with E-state index >= 15 is 0 Å². The molecule has 2 heterocycles. The normalized spacial score (nSPS) is 18.7. The lowest BCUT2D eigenvalue weighted by molar-refractivity contribution is -0.143. The molecule has 0 bridgehead atoms. The molecular weight excluding hydrogens is 798 g/mol. The number of nitrogens with one attached hydrogen (secondary N) is 5. The van der Waals surface area contributed by atoms with Crippen LogP contribution in [0.5, 0.6) is 0 Å². The smallest absolute Gasteiger partial charge is 0.326 e. The van der Waals surface area contributed by atoms with Crippen LogP contribution in [0.3, 0.4) is 0 Å². The highest BCUT2D eigenvalue weighted by atomic mass is 16.4. The van der Waals surface area contributed by atoms with E-state index in [1.54, 1.807) is 27.7 Å². The van der Waals surface area contributed by atoms with Gasteiger partial charge in [-0.3, -0.25) is 43.3 Å². The minimum Gasteiger partial charge on any atom is -0.481 e. The zero-order valence-corrected chi connectivity index (χ0v) is 36.1. The number of carboxylic acids is 2. The number of aliphatic carboxylic acids is 2. The molecular formula is C39H67N11O11. The van der Waals surface area contributed by atoms with E-state index in [1.807, 2.05) is 13.8 Å². The Morgan fingerprint density at radius 2 is 1.21 bits per heavy atom. The third-order valence-electron chi connectivity index (χ3n) is 10.5. The first-order valence-electron chi connectivity index (χ1n) is 20.9. The summed E-state index contributed by atoms with van der Waals surface area (Å²) in [6, 6.07) is -7.62. The molecule has 2 rings (SSSR count). The lowest BCUT2D eigenvalue weighted by Crippen LogP contribution is -2.59. The maximum absolute atomic E-state index is 13.7. The zero-order chi connectivity index (χ0) is 46.1. The summed E-state index contributed by atoms with van der Waals surface area (Å²) < 4.78 is 0. The molecule has 0 spiro atoms. The van der Waals surface area contributed by atoms with Crippen molar-refractivity contribution in [2.24, 2.45) is 39.9 Å². The van der Waals surface area contributed by atoms with Gasteiger partial charge < -0.3 is 63.8 Å². The third-order valence-corrected chi connectivity index (χ3v) is 10.5. The molecule has 7 amide bonds. The lowest BCUT2D eigenvalue weighted by atomic mass is 9.99. The number of likely N-dealkylation sites (tertiary alicyclic amines) is 2. The molecule has 0 radical (unpaired) electrons. The number of nitrogens with zero attached hydrogens (tertiary/aromatic N) is 3. The van der Waals surface area contributed by atoms with E-state index in [9.17, 15) is 48.3 Å². The summed E-state index contributed by atoms with van der Waals surface area (Å²) in [6.07, 6.45) is 1.62. The largest absolute Gasteiger partial charge is 0.481 e. The van der Waals surface area contributed by atoms with Gasteiger partial charge in [-0.05, 0) is 69.1 Å². The Kier molecular flexibility index (Phi) is 20.9. The monoisotopic (exact) mass is 866 g/mol. The number of carboxylic acid groups (broad SMARTS) is 2. The van der Waals surface area contributed by atoms with Crippen LogP contribution in [0.15, 0.2) is 4.99 Å². The number of amides is 7. The standard InChI is InChI=1S/C39H67N11O11/c1-20(2)18-25(46-36(58)31(22(5)6)48-34(56)27-12-9-17-50(27)37(59)23(40)13-14-29(52)53)32(54)44-19-28(51)49-16-8-11-26(49)33(55)47-30(21(3)4)35(57)45-24(38(60)61)10-7-15-43-39(41)42/h20-27,30-31H,7-19,40H2,1-6H3,(H,44,54)(H,45,57)(H,46,58)(H,47,55)(H,48,56)(H,52,53)(H,60,61)(H4,41,42,43)/t23-,24-,25-,26-,27-,30-,31-/m0/s1. The van der Waals surface area contributed by atoms with Crippen LogP contribution >= 0.6 is 0 Å². The highest BCUT2D eigenvalue weighted by Gasteiger charge is 2.40. The molecule has 0 saturated carbocycles. The molecule has 0 aromatic carbocycles. The second-order valence-electron chi connectivity index (χ2n) is 16.7. The Balaban J connectivity index is 2.07. The summed E-state index contributed by atoms with van der Waals surface area (Å²) >= 11 is 0. The molecule has 0 aromatic rings. The molecule has 61 heavy (non-hydrogen) atoms. The van der Waals surface area contributed by atoms with Gasteiger partial charge in [-0.15, -0.1) is 0 Å². The maximum atomic E-state index is 13.7. The van der Waals surface area contributed by atoms with E-state index in [4.69, 9.17) is 22.3 Å². The van der Waals surface area contributed by atoms with Crippen LogP contribution in [0.1, 0.15) is 99.3 Å². The van der Waals surface area contributed by atoms with Crippen LogP contribution in [-0.4, -0.2) is 148 Å². The molecule has 2 saturated heterocycles. The number of nitrogens with two attached hydrogens (primary N) is 3. The fraction of sp³-hybridized carbons (Fsp3) is 0.744. The molecule has 0 aliphatic carbocycles. The molecule has 13 N–H and O–H groups in total. The summed E-state index contributed by atoms with van der Waals surface area (Å²) in [7, 11) is 0. The summed E-state index contributed by atoms with van der Waals surface area (Å²) in [5.41, 5.74) is 16.6. The number of aliphatic imine (C=N–C) groups is 1. The topological polar surface area (TPSA) is 351 Å². The van der Waals surface area contributed by atoms with Gasteiger partial charge in [0.25, 0.3) is 0 Å². The second-order valence-corrected chi connectivity index (χ2v) is 16.7. The average Bonchev–Trinajstić information content (AvgIpc) is 3.88. The third kappa shape index (κ3) is 16.4. The van der Waals surface area contributed by atoms with Gasteiger partial charge in [-0.25, -0.2) is 4.79 Å². The maximum Gasteiger partial charge on any atom is 0.326 e. The quantitative estimate of drug-likeness (QED) is 0.0278. The van der Waals surface area contributed by atoms with Gasteiger partial charge in [-0.1, -0.05) is 41.5 Å². The van der Waals surface area contributed by atoms with Crippen LogP contribution in [0.2, 0.25) is 0 Å². The van der Waals surface area contributed by atoms with Crippen LogP contribution in [-0.2, 0) is 43.2 Å². The van der Waals surface area contributed by atoms with E-state index in [1.165, 1.54) is 9.80 Å². The van der Waals surface area contributed by atoms with Gasteiger partial charge in [0.05, 0.1) is 12.6 Å². The second kappa shape index (κ2) is 24.7. The van der Waals surface area contributed by atoms with E-state index in [2.05, 4.69) is 31.6 Å². The van der Waals surface area contributed by atoms with Crippen LogP contribution in [0.4, 0.5) is 0 Å². The summed E-state index contributed by atoms with van der Waals surface area (Å²) in [4.78, 5) is 123. The van der Waals surface area contributed by atoms with Crippen LogP contribution in [0.25, 0.3) is 0 Å². The van der Waals surface area contributed by atoms with E-state index in [-0.39, 0.29) is 70.0 Å². The first kappa shape index (κ1) is 51.6. The number of guanidine groups is 1. The fourth-order valence-electron chi connectivity index (χ4n) is 7.20. The molecule has 2 aliphatic heterocycles. The Morgan fingerprint density at radius 3 is 1.69 bits per heavy atom. The van der Waals surface area contributed by atoms with Crippen molar-refractivity contribution in [1.82, 2.24) is 36.4 Å². The van der Waals surface area contributed by atoms with Crippen molar-refractivity contribution in [3.05, 3.63) is 0 Å². The van der Waals surface area contributed by atoms with Gasteiger partial charge >= 0.3 is 11.9 Å². The molecule has 2 aliphatic rings. The molecule has 344 valence electrons. The van der Waals surface area contributed by atoms with E-state index in [0.29, 0.717) is 19.3 Å². The van der Waals surface area contributed by atoms with Crippen molar-refractivity contribution in [1.29, 1.82) is 0 Å². The summed E-state index contributed by atoms with van der Waals surface area (Å²) in [5, 5.41) is 31.7. The molecule has 22 heteroatoms. The number of hydrogen-bond donors (Lipinski definition) is 10. The van der Waals surface area contributed by atoms with E-state index in [0.717, 1.165) is 0 Å². The number of carbonyl (C=O) groups is 9. The fourth-order valence-corrected chi connectivity index (χ4v) is 7.20. The molecule has 22 nitrogen and oxygen atoms in total. The molecule has 2 fully saturated rings. The predicted molar refractivity (Wildman–Crippen MR) is 222 cm³/mol. The zero-order valence-electron chi connectivity index (χ0n) is 36.1. The van der Waals surface area contributed by atoms with Crippen molar-refractivity contribution in [3.8, 4) is 0 Å². The van der Waals surface area contributed by atoms with Gasteiger partial charge in [-0.2, -0.15) is 0 Å². The Bertz CT molecular complexity index is 1620. The average molecular weight is 866 g/mol. The first-order chi connectivity index (χ1) is 28.5. The van der Waals surface area contributed by atoms with Crippen molar-refractivity contribution in [2.45, 2.75) is 142 Å². The highest BCUT2D eigenvalue weighted by molar-refractivity contribution is 5.97. The lowest BCUT2D eigenvalue weighted by Gasteiger charge is -2.30. The SMILES string of the molecule is CC(C)C[C@H](NC(=O)[C@@H](NC(=O)[C@@H]1CCCN1C(=O)[C@@H](N)CCC(=O)O)C(C)C)C(=O)NCC(=O)N1CCC[C@H]1C(=O)N[C@H](C(=O)N[C@@H](CCCN=C(N)N)C(=O)O)C(C)C. The van der Waals surface area contributed by atoms with Gasteiger partial charge in [0.15, 0.2) is 5.96 Å². The first-order valence-corrected chi connectivity index (χ1v) is 20.9.